The lowest BCUT2D eigenvalue weighted by molar-refractivity contribution is -0.141. The van der Waals surface area contributed by atoms with Crippen molar-refractivity contribution in [1.29, 1.82) is 0 Å². The minimum Gasteiger partial charge on any atom is -0.487 e. The summed E-state index contributed by atoms with van der Waals surface area (Å²) >= 11 is 13.9. The molecule has 28 heavy (non-hydrogen) atoms. The second-order valence-corrected chi connectivity index (χ2v) is 7.46. The predicted octanol–water partition coefficient (Wildman–Crippen LogP) is 6.43. The van der Waals surface area contributed by atoms with Crippen molar-refractivity contribution in [2.75, 3.05) is 0 Å². The molecule has 0 atom stereocenters. The summed E-state index contributed by atoms with van der Waals surface area (Å²) < 4.78 is 49.5. The molecular weight excluding hydrogens is 438 g/mol. The maximum atomic E-state index is 12.7. The highest BCUT2D eigenvalue weighted by Crippen LogP contribution is 2.46. The van der Waals surface area contributed by atoms with Crippen LogP contribution in [0.4, 0.5) is 13.2 Å². The van der Waals surface area contributed by atoms with Crippen molar-refractivity contribution in [1.82, 2.24) is 4.98 Å². The van der Waals surface area contributed by atoms with Crippen LogP contribution in [-0.4, -0.2) is 11.0 Å². The number of halogens is 5. The SMILES string of the molecule is CC(=O)Oc1csc2c(Cl)c(OCc3ccc(C(F)(F)F)nc3C)cc(Cl)c12. The summed E-state index contributed by atoms with van der Waals surface area (Å²) in [5, 5.41) is 2.64. The molecule has 0 spiro atoms. The topological polar surface area (TPSA) is 48.4 Å². The quantitative estimate of drug-likeness (QED) is 0.430. The first-order chi connectivity index (χ1) is 13.1. The van der Waals surface area contributed by atoms with Crippen molar-refractivity contribution in [3.8, 4) is 11.5 Å². The normalized spacial score (nSPS) is 11.7. The van der Waals surface area contributed by atoms with Crippen molar-refractivity contribution >= 4 is 50.6 Å². The van der Waals surface area contributed by atoms with Crippen LogP contribution in [0.25, 0.3) is 10.1 Å². The van der Waals surface area contributed by atoms with Gasteiger partial charge in [0, 0.05) is 29.6 Å². The molecule has 0 aliphatic rings. The Bertz CT molecular complexity index is 1070. The molecule has 3 aromatic rings. The first-order valence-electron chi connectivity index (χ1n) is 7.82. The van der Waals surface area contributed by atoms with Crippen molar-refractivity contribution in [2.24, 2.45) is 0 Å². The third kappa shape index (κ3) is 4.19. The van der Waals surface area contributed by atoms with E-state index in [1.807, 2.05) is 0 Å². The number of carbonyl (C=O) groups excluding carboxylic acids is 1. The van der Waals surface area contributed by atoms with Crippen molar-refractivity contribution < 1.29 is 27.4 Å². The fourth-order valence-corrected chi connectivity index (χ4v) is 4.09. The lowest BCUT2D eigenvalue weighted by Gasteiger charge is -2.13. The van der Waals surface area contributed by atoms with Crippen LogP contribution in [0.15, 0.2) is 23.6 Å². The van der Waals surface area contributed by atoms with Gasteiger partial charge in [-0.2, -0.15) is 13.2 Å². The molecule has 2 heterocycles. The maximum absolute atomic E-state index is 12.7. The van der Waals surface area contributed by atoms with Gasteiger partial charge in [0.1, 0.15) is 23.1 Å². The average molecular weight is 450 g/mol. The number of nitrogens with zero attached hydrogens (tertiary/aromatic N) is 1. The van der Waals surface area contributed by atoms with Gasteiger partial charge >= 0.3 is 12.1 Å². The van der Waals surface area contributed by atoms with Crippen LogP contribution in [0, 0.1) is 6.92 Å². The number of aromatic nitrogens is 1. The molecule has 0 bridgehead atoms. The molecule has 0 aliphatic heterocycles. The number of ether oxygens (including phenoxy) is 2. The van der Waals surface area contributed by atoms with E-state index < -0.39 is 17.8 Å². The Morgan fingerprint density at radius 2 is 1.96 bits per heavy atom. The average Bonchev–Trinajstić information content (AvgIpc) is 3.00. The molecule has 2 aromatic heterocycles. The Morgan fingerprint density at radius 1 is 1.25 bits per heavy atom. The van der Waals surface area contributed by atoms with Crippen molar-refractivity contribution in [3.63, 3.8) is 0 Å². The number of alkyl halides is 3. The second-order valence-electron chi connectivity index (χ2n) is 5.80. The minimum atomic E-state index is -4.51. The Hall–Kier alpha value is -2.03. The van der Waals surface area contributed by atoms with Gasteiger partial charge in [-0.1, -0.05) is 29.3 Å². The van der Waals surface area contributed by atoms with E-state index in [9.17, 15) is 18.0 Å². The van der Waals surface area contributed by atoms with Gasteiger partial charge in [0.15, 0.2) is 5.75 Å². The lowest BCUT2D eigenvalue weighted by atomic mass is 10.2. The summed E-state index contributed by atoms with van der Waals surface area (Å²) in [4.78, 5) is 14.8. The van der Waals surface area contributed by atoms with Crippen LogP contribution < -0.4 is 9.47 Å². The predicted molar refractivity (Wildman–Crippen MR) is 101 cm³/mol. The fourth-order valence-electron chi connectivity index (χ4n) is 2.48. The molecule has 148 valence electrons. The number of aryl methyl sites for hydroxylation is 1. The van der Waals surface area contributed by atoms with Gasteiger partial charge < -0.3 is 9.47 Å². The van der Waals surface area contributed by atoms with Crippen LogP contribution >= 0.6 is 34.5 Å². The van der Waals surface area contributed by atoms with E-state index in [1.54, 1.807) is 5.38 Å². The third-order valence-electron chi connectivity index (χ3n) is 3.79. The van der Waals surface area contributed by atoms with Crippen LogP contribution in [0.5, 0.6) is 11.5 Å². The van der Waals surface area contributed by atoms with Crippen LogP contribution in [0.3, 0.4) is 0 Å². The zero-order chi connectivity index (χ0) is 20.6. The molecule has 1 aromatic carbocycles. The summed E-state index contributed by atoms with van der Waals surface area (Å²) in [6, 6.07) is 3.68. The van der Waals surface area contributed by atoms with E-state index in [2.05, 4.69) is 4.98 Å². The molecule has 0 fully saturated rings. The Kier molecular flexibility index (Phi) is 5.74. The summed E-state index contributed by atoms with van der Waals surface area (Å²) in [7, 11) is 0. The third-order valence-corrected chi connectivity index (χ3v) is 5.55. The number of pyridine rings is 1. The van der Waals surface area contributed by atoms with Gasteiger partial charge in [0.2, 0.25) is 0 Å². The maximum Gasteiger partial charge on any atom is 0.433 e. The number of benzene rings is 1. The molecule has 0 N–H and O–H groups in total. The molecule has 3 rings (SSSR count). The first kappa shape index (κ1) is 20.7. The molecule has 0 radical (unpaired) electrons. The van der Waals surface area contributed by atoms with E-state index in [1.165, 1.54) is 37.3 Å². The van der Waals surface area contributed by atoms with Gasteiger partial charge in [-0.3, -0.25) is 4.79 Å². The minimum absolute atomic E-state index is 0.0410. The molecule has 10 heteroatoms. The van der Waals surface area contributed by atoms with Crippen molar-refractivity contribution in [2.45, 2.75) is 26.6 Å². The molecule has 0 amide bonds. The second kappa shape index (κ2) is 7.77. The van der Waals surface area contributed by atoms with E-state index in [4.69, 9.17) is 32.7 Å². The molecule has 0 aliphatic carbocycles. The van der Waals surface area contributed by atoms with Gasteiger partial charge in [-0.25, -0.2) is 4.98 Å². The number of hydrogen-bond donors (Lipinski definition) is 0. The van der Waals surface area contributed by atoms with Crippen LogP contribution in [0.1, 0.15) is 23.9 Å². The highest BCUT2D eigenvalue weighted by Gasteiger charge is 2.32. The van der Waals surface area contributed by atoms with Crippen molar-refractivity contribution in [3.05, 3.63) is 50.6 Å². The Balaban J connectivity index is 1.87. The highest BCUT2D eigenvalue weighted by atomic mass is 35.5. The lowest BCUT2D eigenvalue weighted by Crippen LogP contribution is -2.10. The number of carbonyl (C=O) groups is 1. The zero-order valence-electron chi connectivity index (χ0n) is 14.5. The number of fused-ring (bicyclic) bond motifs is 1. The van der Waals surface area contributed by atoms with E-state index >= 15 is 0 Å². The number of rotatable bonds is 4. The zero-order valence-corrected chi connectivity index (χ0v) is 16.8. The monoisotopic (exact) mass is 449 g/mol. The number of thiophene rings is 1. The molecular formula is C18H12Cl2F3NO3S. The Labute approximate surface area is 171 Å². The summed E-state index contributed by atoms with van der Waals surface area (Å²) in [5.41, 5.74) is -0.286. The van der Waals surface area contributed by atoms with Gasteiger partial charge in [0.25, 0.3) is 0 Å². The standard InChI is InChI=1S/C18H12Cl2F3NO3S/c1-8-10(3-4-14(24-8)18(21,22)23)6-26-12-5-11(19)15-13(27-9(2)25)7-28-17(15)16(12)20/h3-5,7H,6H2,1-2H3. The van der Waals surface area contributed by atoms with Gasteiger partial charge in [-0.15, -0.1) is 11.3 Å². The van der Waals surface area contributed by atoms with Gasteiger partial charge in [-0.05, 0) is 13.0 Å². The number of esters is 1. The molecule has 0 saturated heterocycles. The molecule has 0 saturated carbocycles. The fraction of sp³-hybridized carbons (Fsp3) is 0.222. The van der Waals surface area contributed by atoms with E-state index in [0.717, 1.165) is 6.07 Å². The summed E-state index contributed by atoms with van der Waals surface area (Å²) in [5.74, 6) is 0.0703. The van der Waals surface area contributed by atoms with E-state index in [-0.39, 0.29) is 28.1 Å². The van der Waals surface area contributed by atoms with Crippen LogP contribution in [-0.2, 0) is 17.6 Å². The Morgan fingerprint density at radius 3 is 2.57 bits per heavy atom. The highest BCUT2D eigenvalue weighted by molar-refractivity contribution is 7.18. The first-order valence-corrected chi connectivity index (χ1v) is 9.45. The number of hydrogen-bond acceptors (Lipinski definition) is 5. The summed E-state index contributed by atoms with van der Waals surface area (Å²) in [6.07, 6.45) is -4.51. The van der Waals surface area contributed by atoms with Crippen LogP contribution in [0.2, 0.25) is 10.0 Å². The smallest absolute Gasteiger partial charge is 0.433 e. The molecule has 0 unspecified atom stereocenters. The largest absolute Gasteiger partial charge is 0.487 e. The summed E-state index contributed by atoms with van der Waals surface area (Å²) in [6.45, 7) is 2.70. The molecule has 4 nitrogen and oxygen atoms in total. The van der Waals surface area contributed by atoms with Gasteiger partial charge in [0.05, 0.1) is 15.1 Å². The van der Waals surface area contributed by atoms with E-state index in [0.29, 0.717) is 21.4 Å².